The van der Waals surface area contributed by atoms with Crippen molar-refractivity contribution in [3.05, 3.63) is 17.2 Å². The molecule has 1 aromatic heterocycles. The van der Waals surface area contributed by atoms with Gasteiger partial charge in [0.1, 0.15) is 5.60 Å². The Morgan fingerprint density at radius 1 is 1.15 bits per heavy atom. The second-order valence-electron chi connectivity index (χ2n) is 10.4. The minimum atomic E-state index is -0.580. The maximum atomic E-state index is 12.5. The number of methoxy groups -OCH3 is 1. The van der Waals surface area contributed by atoms with Crippen LogP contribution in [0.4, 0.5) is 4.79 Å². The van der Waals surface area contributed by atoms with Crippen molar-refractivity contribution in [3.63, 3.8) is 0 Å². The molecule has 0 aromatic carbocycles. The van der Waals surface area contributed by atoms with Crippen LogP contribution in [0.3, 0.4) is 0 Å². The number of likely N-dealkylation sites (tertiary alicyclic amines) is 1. The molecule has 0 radical (unpaired) electrons. The maximum absolute atomic E-state index is 12.5. The standard InChI is InChI=1S/C24H38N4O5/c1-6-24(11-7-16(8-12-24)21(30)32-5)18-17(26-20(27-18)19(25)29)15-9-13-28(14-10-15)22(31)33-23(2,3)4/h15-16H,6-14H2,1-5H3,(H2,25,29)(H,26,27). The predicted octanol–water partition coefficient (Wildman–Crippen LogP) is 3.63. The van der Waals surface area contributed by atoms with Crippen LogP contribution in [-0.4, -0.2) is 58.6 Å². The lowest BCUT2D eigenvalue weighted by molar-refractivity contribution is -0.147. The van der Waals surface area contributed by atoms with Crippen molar-refractivity contribution < 1.29 is 23.9 Å². The fourth-order valence-electron chi connectivity index (χ4n) is 5.21. The zero-order valence-electron chi connectivity index (χ0n) is 20.5. The van der Waals surface area contributed by atoms with E-state index in [1.165, 1.54) is 7.11 Å². The number of amides is 2. The van der Waals surface area contributed by atoms with Crippen LogP contribution in [0, 0.1) is 5.92 Å². The summed E-state index contributed by atoms with van der Waals surface area (Å²) in [6.45, 7) is 8.87. The van der Waals surface area contributed by atoms with Gasteiger partial charge in [0.25, 0.3) is 5.91 Å². The monoisotopic (exact) mass is 462 g/mol. The third kappa shape index (κ3) is 5.50. The van der Waals surface area contributed by atoms with Crippen molar-refractivity contribution in [1.82, 2.24) is 14.9 Å². The molecule has 9 heteroatoms. The SMILES string of the molecule is CCC1(c2nc(C(N)=O)[nH]c2C2CCN(C(=O)OC(C)(C)C)CC2)CCC(C(=O)OC)CC1. The van der Waals surface area contributed by atoms with Gasteiger partial charge >= 0.3 is 12.1 Å². The van der Waals surface area contributed by atoms with Gasteiger partial charge in [0.2, 0.25) is 0 Å². The first-order chi connectivity index (χ1) is 15.5. The third-order valence-electron chi connectivity index (χ3n) is 7.18. The molecular weight excluding hydrogens is 424 g/mol. The molecule has 0 bridgehead atoms. The van der Waals surface area contributed by atoms with Crippen LogP contribution >= 0.6 is 0 Å². The van der Waals surface area contributed by atoms with Gasteiger partial charge in [0.05, 0.1) is 18.7 Å². The number of nitrogens with zero attached hydrogens (tertiary/aromatic N) is 2. The molecule has 1 saturated carbocycles. The quantitative estimate of drug-likeness (QED) is 0.643. The highest BCUT2D eigenvalue weighted by molar-refractivity contribution is 5.89. The lowest BCUT2D eigenvalue weighted by Crippen LogP contribution is -2.42. The average Bonchev–Trinajstić information content (AvgIpc) is 3.24. The van der Waals surface area contributed by atoms with Gasteiger partial charge in [-0.2, -0.15) is 0 Å². The summed E-state index contributed by atoms with van der Waals surface area (Å²) >= 11 is 0. The number of esters is 1. The first kappa shape index (κ1) is 25.1. The highest BCUT2D eigenvalue weighted by Crippen LogP contribution is 2.47. The molecule has 1 aliphatic carbocycles. The Labute approximate surface area is 195 Å². The van der Waals surface area contributed by atoms with Crippen molar-refractivity contribution in [1.29, 1.82) is 0 Å². The number of piperidine rings is 1. The lowest BCUT2D eigenvalue weighted by atomic mass is 9.66. The molecule has 2 heterocycles. The Hall–Kier alpha value is -2.58. The summed E-state index contributed by atoms with van der Waals surface area (Å²) < 4.78 is 10.5. The van der Waals surface area contributed by atoms with Gasteiger partial charge in [-0.05, 0) is 65.7 Å². The molecule has 9 nitrogen and oxygen atoms in total. The van der Waals surface area contributed by atoms with Gasteiger partial charge in [0, 0.05) is 30.1 Å². The summed E-state index contributed by atoms with van der Waals surface area (Å²) in [5.41, 5.74) is 6.68. The summed E-state index contributed by atoms with van der Waals surface area (Å²) in [5, 5.41) is 0. The number of rotatable bonds is 5. The number of carbonyl (C=O) groups is 3. The second-order valence-corrected chi connectivity index (χ2v) is 10.4. The highest BCUT2D eigenvalue weighted by atomic mass is 16.6. The molecule has 3 rings (SSSR count). The average molecular weight is 463 g/mol. The van der Waals surface area contributed by atoms with E-state index in [1.807, 2.05) is 20.8 Å². The summed E-state index contributed by atoms with van der Waals surface area (Å²) in [7, 11) is 1.43. The number of H-pyrrole nitrogens is 1. The van der Waals surface area contributed by atoms with Crippen LogP contribution in [0.1, 0.15) is 101 Å². The van der Waals surface area contributed by atoms with E-state index in [9.17, 15) is 14.4 Å². The van der Waals surface area contributed by atoms with E-state index >= 15 is 0 Å². The van der Waals surface area contributed by atoms with Crippen LogP contribution in [0.15, 0.2) is 0 Å². The first-order valence-electron chi connectivity index (χ1n) is 12.0. The van der Waals surface area contributed by atoms with Gasteiger partial charge in [-0.3, -0.25) is 9.59 Å². The fraction of sp³-hybridized carbons (Fsp3) is 0.750. The summed E-state index contributed by atoms with van der Waals surface area (Å²) in [5.74, 6) is -0.513. The molecule has 2 fully saturated rings. The first-order valence-corrected chi connectivity index (χ1v) is 12.0. The zero-order chi connectivity index (χ0) is 24.4. The Morgan fingerprint density at radius 3 is 2.24 bits per heavy atom. The molecule has 0 spiro atoms. The van der Waals surface area contributed by atoms with Crippen LogP contribution in [0.2, 0.25) is 0 Å². The van der Waals surface area contributed by atoms with Gasteiger partial charge in [-0.25, -0.2) is 9.78 Å². The molecule has 1 saturated heterocycles. The Balaban J connectivity index is 1.81. The van der Waals surface area contributed by atoms with E-state index in [1.54, 1.807) is 4.90 Å². The molecule has 1 aliphatic heterocycles. The minimum absolute atomic E-state index is 0.0928. The summed E-state index contributed by atoms with van der Waals surface area (Å²) in [6, 6.07) is 0. The maximum Gasteiger partial charge on any atom is 0.410 e. The van der Waals surface area contributed by atoms with Crippen molar-refractivity contribution in [3.8, 4) is 0 Å². The van der Waals surface area contributed by atoms with E-state index < -0.39 is 11.5 Å². The van der Waals surface area contributed by atoms with Crippen LogP contribution in [0.5, 0.6) is 0 Å². The van der Waals surface area contributed by atoms with E-state index in [4.69, 9.17) is 20.2 Å². The summed E-state index contributed by atoms with van der Waals surface area (Å²) in [6.07, 6.45) is 5.12. The van der Waals surface area contributed by atoms with Gasteiger partial charge in [0.15, 0.2) is 5.82 Å². The van der Waals surface area contributed by atoms with Gasteiger partial charge in [-0.15, -0.1) is 0 Å². The molecule has 33 heavy (non-hydrogen) atoms. The second kappa shape index (κ2) is 9.73. The third-order valence-corrected chi connectivity index (χ3v) is 7.18. The number of carbonyl (C=O) groups excluding carboxylic acids is 3. The van der Waals surface area contributed by atoms with Crippen LogP contribution in [0.25, 0.3) is 0 Å². The number of aromatic nitrogens is 2. The van der Waals surface area contributed by atoms with Crippen molar-refractivity contribution in [2.24, 2.45) is 11.7 Å². The van der Waals surface area contributed by atoms with E-state index in [2.05, 4.69) is 11.9 Å². The van der Waals surface area contributed by atoms with E-state index in [-0.39, 0.29) is 35.1 Å². The number of primary amides is 1. The normalized spacial score (nSPS) is 24.4. The number of ether oxygens (including phenoxy) is 2. The topological polar surface area (TPSA) is 128 Å². The van der Waals surface area contributed by atoms with Crippen molar-refractivity contribution in [2.75, 3.05) is 20.2 Å². The molecule has 184 valence electrons. The highest BCUT2D eigenvalue weighted by Gasteiger charge is 2.43. The smallest absolute Gasteiger partial charge is 0.410 e. The molecule has 1 aromatic rings. The zero-order valence-corrected chi connectivity index (χ0v) is 20.5. The number of nitrogens with two attached hydrogens (primary N) is 1. The molecular formula is C24H38N4O5. The number of hydrogen-bond acceptors (Lipinski definition) is 6. The predicted molar refractivity (Wildman–Crippen MR) is 123 cm³/mol. The van der Waals surface area contributed by atoms with E-state index in [0.29, 0.717) is 13.1 Å². The van der Waals surface area contributed by atoms with Crippen molar-refractivity contribution in [2.45, 2.75) is 89.6 Å². The number of nitrogens with one attached hydrogen (secondary N) is 1. The van der Waals surface area contributed by atoms with Gasteiger partial charge in [-0.1, -0.05) is 6.92 Å². The lowest BCUT2D eigenvalue weighted by Gasteiger charge is -2.40. The van der Waals surface area contributed by atoms with Crippen LogP contribution < -0.4 is 5.73 Å². The molecule has 3 N–H and O–H groups in total. The fourth-order valence-corrected chi connectivity index (χ4v) is 5.21. The number of imidazole rings is 1. The van der Waals surface area contributed by atoms with E-state index in [0.717, 1.165) is 56.3 Å². The molecule has 0 atom stereocenters. The molecule has 0 unspecified atom stereocenters. The van der Waals surface area contributed by atoms with Crippen molar-refractivity contribution >= 4 is 18.0 Å². The number of hydrogen-bond donors (Lipinski definition) is 2. The van der Waals surface area contributed by atoms with Gasteiger partial charge < -0.3 is 25.1 Å². The molecule has 2 aliphatic rings. The largest absolute Gasteiger partial charge is 0.469 e. The Morgan fingerprint density at radius 2 is 1.76 bits per heavy atom. The van der Waals surface area contributed by atoms with Crippen LogP contribution in [-0.2, 0) is 19.7 Å². The Bertz CT molecular complexity index is 872. The summed E-state index contributed by atoms with van der Waals surface area (Å²) in [4.78, 5) is 46.1. The minimum Gasteiger partial charge on any atom is -0.469 e. The Kier molecular flexibility index (Phi) is 7.39. The molecule has 2 amide bonds. The number of aromatic amines is 1.